The Bertz CT molecular complexity index is 1370. The summed E-state index contributed by atoms with van der Waals surface area (Å²) in [6, 6.07) is 5.35. The topological polar surface area (TPSA) is 269 Å². The fourth-order valence-electron chi connectivity index (χ4n) is 4.00. The molecule has 1 amide bonds. The Morgan fingerprint density at radius 3 is 2.39 bits per heavy atom. The fraction of sp³-hybridized carbons (Fsp3) is 0.350. The molecule has 0 radical (unpaired) electrons. The van der Waals surface area contributed by atoms with Crippen LogP contribution in [-0.4, -0.2) is 87.4 Å². The first-order valence-electron chi connectivity index (χ1n) is 10.9. The van der Waals surface area contributed by atoms with Gasteiger partial charge in [-0.3, -0.25) is 28.5 Å². The number of nitrogens with one attached hydrogen (secondary N) is 3. The SMILES string of the molecule is Nc1nc2c(c(=O)[nH]1)N1CN(c3ccc(C(=O)N[C@@H](CCC(=O)O)C(=O)O)cc3)CC1CN2.O=S(=O)(O)O. The molecule has 0 spiro atoms. The van der Waals surface area contributed by atoms with Crippen LogP contribution >= 0.6 is 0 Å². The van der Waals surface area contributed by atoms with Gasteiger partial charge < -0.3 is 36.4 Å². The first-order valence-corrected chi connectivity index (χ1v) is 12.3. The summed E-state index contributed by atoms with van der Waals surface area (Å²) in [6.45, 7) is 1.67. The van der Waals surface area contributed by atoms with E-state index in [0.29, 0.717) is 31.3 Å². The highest BCUT2D eigenvalue weighted by molar-refractivity contribution is 7.79. The number of aliphatic carboxylic acids is 2. The van der Waals surface area contributed by atoms with E-state index in [2.05, 4.69) is 20.6 Å². The zero-order valence-electron chi connectivity index (χ0n) is 19.6. The number of carbonyl (C=O) groups is 3. The highest BCUT2D eigenvalue weighted by Crippen LogP contribution is 2.32. The number of rotatable bonds is 7. The maximum atomic E-state index is 12.4. The molecule has 1 unspecified atom stereocenters. The molecule has 2 aliphatic rings. The first-order chi connectivity index (χ1) is 17.7. The quantitative estimate of drug-likeness (QED) is 0.187. The number of benzene rings is 1. The number of anilines is 4. The third-order valence-corrected chi connectivity index (χ3v) is 5.65. The minimum absolute atomic E-state index is 0.0394. The molecule has 1 fully saturated rings. The number of hydrogen-bond donors (Lipinski definition) is 8. The predicted octanol–water partition coefficient (Wildman–Crippen LogP) is -1.17. The van der Waals surface area contributed by atoms with Crippen LogP contribution in [0.2, 0.25) is 0 Å². The van der Waals surface area contributed by atoms with E-state index in [-0.39, 0.29) is 36.0 Å². The monoisotopic (exact) mass is 555 g/mol. The molecule has 4 rings (SSSR count). The number of carboxylic acid groups (broad SMARTS) is 2. The molecule has 1 saturated heterocycles. The Balaban J connectivity index is 0.000000732. The summed E-state index contributed by atoms with van der Waals surface area (Å²) in [6.07, 6.45) is -0.583. The van der Waals surface area contributed by atoms with Gasteiger partial charge in [-0.25, -0.2) is 4.79 Å². The number of fused-ring (bicyclic) bond motifs is 3. The van der Waals surface area contributed by atoms with E-state index in [0.717, 1.165) is 5.69 Å². The zero-order valence-corrected chi connectivity index (χ0v) is 20.4. The zero-order chi connectivity index (χ0) is 28.2. The van der Waals surface area contributed by atoms with E-state index < -0.39 is 34.3 Å². The summed E-state index contributed by atoms with van der Waals surface area (Å²) < 4.78 is 31.6. The van der Waals surface area contributed by atoms with Crippen molar-refractivity contribution in [2.75, 3.05) is 40.6 Å². The lowest BCUT2D eigenvalue weighted by Gasteiger charge is -2.31. The lowest BCUT2D eigenvalue weighted by Crippen LogP contribution is -2.44. The molecule has 206 valence electrons. The lowest BCUT2D eigenvalue weighted by molar-refractivity contribution is -0.140. The number of H-pyrrole nitrogens is 1. The molecule has 3 heterocycles. The van der Waals surface area contributed by atoms with Crippen molar-refractivity contribution in [3.05, 3.63) is 40.2 Å². The van der Waals surface area contributed by atoms with E-state index in [1.807, 2.05) is 9.80 Å². The van der Waals surface area contributed by atoms with E-state index in [9.17, 15) is 24.3 Å². The fourth-order valence-corrected chi connectivity index (χ4v) is 4.00. The van der Waals surface area contributed by atoms with Gasteiger partial charge in [0.25, 0.3) is 11.5 Å². The molecule has 2 aliphatic heterocycles. The molecule has 1 aromatic heterocycles. The third-order valence-electron chi connectivity index (χ3n) is 5.65. The summed E-state index contributed by atoms with van der Waals surface area (Å²) in [4.78, 5) is 57.5. The highest BCUT2D eigenvalue weighted by atomic mass is 32.3. The van der Waals surface area contributed by atoms with Crippen LogP contribution in [0.3, 0.4) is 0 Å². The van der Waals surface area contributed by atoms with Gasteiger partial charge in [0.05, 0.1) is 12.7 Å². The van der Waals surface area contributed by atoms with Crippen LogP contribution in [0.4, 0.5) is 23.1 Å². The smallest absolute Gasteiger partial charge is 0.394 e. The van der Waals surface area contributed by atoms with Crippen LogP contribution in [0.1, 0.15) is 23.2 Å². The van der Waals surface area contributed by atoms with Gasteiger partial charge in [-0.2, -0.15) is 13.4 Å². The largest absolute Gasteiger partial charge is 0.481 e. The average Bonchev–Trinajstić information content (AvgIpc) is 3.24. The maximum Gasteiger partial charge on any atom is 0.394 e. The van der Waals surface area contributed by atoms with E-state index >= 15 is 0 Å². The number of aromatic nitrogens is 2. The van der Waals surface area contributed by atoms with Crippen molar-refractivity contribution in [2.24, 2.45) is 0 Å². The van der Waals surface area contributed by atoms with Gasteiger partial charge in [0, 0.05) is 30.8 Å². The summed E-state index contributed by atoms with van der Waals surface area (Å²) in [7, 11) is -4.67. The van der Waals surface area contributed by atoms with Crippen LogP contribution in [-0.2, 0) is 20.0 Å². The molecule has 2 atom stereocenters. The van der Waals surface area contributed by atoms with E-state index in [1.54, 1.807) is 24.3 Å². The lowest BCUT2D eigenvalue weighted by atomic mass is 10.1. The number of hydrogen-bond acceptors (Lipinski definition) is 11. The minimum atomic E-state index is -4.67. The van der Waals surface area contributed by atoms with Crippen molar-refractivity contribution in [3.8, 4) is 0 Å². The number of aromatic amines is 1. The molecule has 0 aliphatic carbocycles. The number of amides is 1. The molecular formula is C20H25N7O10S. The molecule has 0 saturated carbocycles. The standard InChI is InChI=1S/C20H23N7O6.H2O4S/c21-20-24-16-15(18(31)25-20)27-9-26(8-12(27)7-22-16)11-3-1-10(2-4-11)17(30)23-13(19(32)33)5-6-14(28)29;1-5(2,3)4/h1-4,12-13H,5-9H2,(H,23,30)(H,28,29)(H,32,33)(H4,21,22,24,25,31);(H2,1,2,3,4)/t12?,13-;/m0./s1. The van der Waals surface area contributed by atoms with Crippen LogP contribution < -0.4 is 31.7 Å². The number of nitrogens with two attached hydrogens (primary N) is 1. The molecular weight excluding hydrogens is 530 g/mol. The number of carboxylic acids is 2. The Morgan fingerprint density at radius 2 is 1.82 bits per heavy atom. The van der Waals surface area contributed by atoms with Crippen LogP contribution in [0.5, 0.6) is 0 Å². The molecule has 38 heavy (non-hydrogen) atoms. The number of carbonyl (C=O) groups excluding carboxylic acids is 1. The van der Waals surface area contributed by atoms with Crippen LogP contribution in [0, 0.1) is 0 Å². The second-order valence-corrected chi connectivity index (χ2v) is 9.20. The van der Waals surface area contributed by atoms with Gasteiger partial charge in [0.1, 0.15) is 11.7 Å². The van der Waals surface area contributed by atoms with Gasteiger partial charge >= 0.3 is 22.3 Å². The van der Waals surface area contributed by atoms with Crippen LogP contribution in [0.25, 0.3) is 0 Å². The number of nitrogens with zero attached hydrogens (tertiary/aromatic N) is 3. The van der Waals surface area contributed by atoms with E-state index in [4.69, 9.17) is 28.4 Å². The predicted molar refractivity (Wildman–Crippen MR) is 133 cm³/mol. The molecule has 9 N–H and O–H groups in total. The molecule has 17 nitrogen and oxygen atoms in total. The van der Waals surface area contributed by atoms with Crippen molar-refractivity contribution in [1.82, 2.24) is 15.3 Å². The molecule has 0 bridgehead atoms. The van der Waals surface area contributed by atoms with Crippen molar-refractivity contribution in [3.63, 3.8) is 0 Å². The Morgan fingerprint density at radius 1 is 1.18 bits per heavy atom. The Hall–Kier alpha value is -4.42. The normalized spacial score (nSPS) is 16.7. The second kappa shape index (κ2) is 11.3. The van der Waals surface area contributed by atoms with Crippen molar-refractivity contribution in [1.29, 1.82) is 0 Å². The third kappa shape index (κ3) is 7.31. The van der Waals surface area contributed by atoms with Gasteiger partial charge in [-0.15, -0.1) is 0 Å². The summed E-state index contributed by atoms with van der Waals surface area (Å²) in [5.41, 5.74) is 6.81. The van der Waals surface area contributed by atoms with Crippen molar-refractivity contribution < 1.29 is 42.1 Å². The van der Waals surface area contributed by atoms with Gasteiger partial charge in [0.15, 0.2) is 5.82 Å². The summed E-state index contributed by atoms with van der Waals surface area (Å²) in [5.74, 6) is -2.55. The van der Waals surface area contributed by atoms with Crippen molar-refractivity contribution >= 4 is 51.4 Å². The molecule has 1 aromatic carbocycles. The minimum Gasteiger partial charge on any atom is -0.481 e. The van der Waals surface area contributed by atoms with Crippen molar-refractivity contribution in [2.45, 2.75) is 24.9 Å². The average molecular weight is 556 g/mol. The number of nitrogen functional groups attached to an aromatic ring is 1. The highest BCUT2D eigenvalue weighted by Gasteiger charge is 2.37. The Labute approximate surface area is 214 Å². The first kappa shape index (κ1) is 28.2. The summed E-state index contributed by atoms with van der Waals surface area (Å²) in [5, 5.41) is 23.4. The van der Waals surface area contributed by atoms with Gasteiger partial charge in [-0.1, -0.05) is 0 Å². The molecule has 2 aromatic rings. The Kier molecular flexibility index (Phi) is 8.39. The van der Waals surface area contributed by atoms with E-state index in [1.165, 1.54) is 0 Å². The van der Waals surface area contributed by atoms with Crippen LogP contribution in [0.15, 0.2) is 29.1 Å². The van der Waals surface area contributed by atoms with Gasteiger partial charge in [-0.05, 0) is 30.7 Å². The second-order valence-electron chi connectivity index (χ2n) is 8.31. The molecule has 18 heteroatoms. The maximum absolute atomic E-state index is 12.4. The summed E-state index contributed by atoms with van der Waals surface area (Å²) >= 11 is 0. The van der Waals surface area contributed by atoms with Gasteiger partial charge in [0.2, 0.25) is 5.95 Å².